The SMILES string of the molecule is CC1CN(C)C(=NNC(=O)C(=O)C(NC(=O)C2CCCCCC2)C2CCCCC2)S1. The van der Waals surface area contributed by atoms with Crippen molar-refractivity contribution < 1.29 is 14.4 Å². The minimum absolute atomic E-state index is 0.0305. The van der Waals surface area contributed by atoms with Gasteiger partial charge in [-0.05, 0) is 31.6 Å². The molecule has 0 spiro atoms. The first-order valence-electron chi connectivity index (χ1n) is 11.6. The first kappa shape index (κ1) is 23.1. The van der Waals surface area contributed by atoms with E-state index in [2.05, 4.69) is 22.8 Å². The van der Waals surface area contributed by atoms with Crippen molar-refractivity contribution >= 4 is 34.5 Å². The number of hydrazone groups is 1. The number of nitrogens with zero attached hydrogens (tertiary/aromatic N) is 2. The van der Waals surface area contributed by atoms with Crippen LogP contribution in [0.3, 0.4) is 0 Å². The number of amides is 2. The summed E-state index contributed by atoms with van der Waals surface area (Å²) in [6, 6.07) is -0.742. The molecular formula is C22H36N4O3S. The maximum atomic E-state index is 13.1. The van der Waals surface area contributed by atoms with Gasteiger partial charge in [-0.25, -0.2) is 5.43 Å². The summed E-state index contributed by atoms with van der Waals surface area (Å²) in [7, 11) is 1.92. The van der Waals surface area contributed by atoms with E-state index in [1.165, 1.54) is 12.8 Å². The van der Waals surface area contributed by atoms with Gasteiger partial charge < -0.3 is 10.2 Å². The Morgan fingerprint density at radius 2 is 1.60 bits per heavy atom. The molecule has 168 valence electrons. The molecule has 0 bridgehead atoms. The van der Waals surface area contributed by atoms with Crippen LogP contribution in [0.5, 0.6) is 0 Å². The molecule has 1 aliphatic heterocycles. The first-order chi connectivity index (χ1) is 14.5. The van der Waals surface area contributed by atoms with Crippen molar-refractivity contribution in [1.82, 2.24) is 15.6 Å². The Hall–Kier alpha value is -1.57. The number of ketones is 1. The lowest BCUT2D eigenvalue weighted by Crippen LogP contribution is -2.52. The Labute approximate surface area is 184 Å². The van der Waals surface area contributed by atoms with E-state index in [4.69, 9.17) is 0 Å². The van der Waals surface area contributed by atoms with Crippen LogP contribution in [-0.2, 0) is 14.4 Å². The molecule has 30 heavy (non-hydrogen) atoms. The Bertz CT molecular complexity index is 655. The van der Waals surface area contributed by atoms with Gasteiger partial charge in [-0.3, -0.25) is 14.4 Å². The Morgan fingerprint density at radius 3 is 2.20 bits per heavy atom. The zero-order valence-electron chi connectivity index (χ0n) is 18.3. The van der Waals surface area contributed by atoms with Crippen molar-refractivity contribution in [2.24, 2.45) is 16.9 Å². The number of hydrogen-bond donors (Lipinski definition) is 2. The normalized spacial score (nSPS) is 26.3. The molecule has 3 aliphatic rings. The number of carbonyl (C=O) groups is 3. The summed E-state index contributed by atoms with van der Waals surface area (Å²) in [4.78, 5) is 40.6. The molecule has 0 radical (unpaired) electrons. The van der Waals surface area contributed by atoms with Gasteiger partial charge in [0, 0.05) is 24.8 Å². The third kappa shape index (κ3) is 6.22. The van der Waals surface area contributed by atoms with Crippen LogP contribution in [-0.4, -0.2) is 52.5 Å². The van der Waals surface area contributed by atoms with E-state index in [1.807, 2.05) is 11.9 Å². The summed E-state index contributed by atoms with van der Waals surface area (Å²) in [5, 5.41) is 8.26. The van der Waals surface area contributed by atoms with Gasteiger partial charge in [0.2, 0.25) is 11.7 Å². The molecule has 1 saturated heterocycles. The molecule has 2 amide bonds. The van der Waals surface area contributed by atoms with Crippen LogP contribution in [0.1, 0.15) is 77.6 Å². The summed E-state index contributed by atoms with van der Waals surface area (Å²) in [6.07, 6.45) is 11.2. The standard InChI is InChI=1S/C22H36N4O3S/c1-15-14-26(2)22(30-15)25-24-21(29)19(27)18(16-10-8-5-9-11-16)23-20(28)17-12-6-3-4-7-13-17/h15-18H,3-14H2,1-2H3,(H,23,28)(H,24,29). The van der Waals surface area contributed by atoms with Crippen molar-refractivity contribution in [2.75, 3.05) is 13.6 Å². The van der Waals surface area contributed by atoms with Gasteiger partial charge in [-0.2, -0.15) is 0 Å². The molecular weight excluding hydrogens is 400 g/mol. The minimum atomic E-state index is -0.742. The van der Waals surface area contributed by atoms with Crippen LogP contribution in [0.15, 0.2) is 5.10 Å². The molecule has 0 aromatic carbocycles. The third-order valence-electron chi connectivity index (χ3n) is 6.57. The molecule has 3 fully saturated rings. The maximum absolute atomic E-state index is 13.1. The molecule has 0 aromatic heterocycles. The topological polar surface area (TPSA) is 90.9 Å². The average Bonchev–Trinajstić information content (AvgIpc) is 2.93. The monoisotopic (exact) mass is 436 g/mol. The molecule has 2 aliphatic carbocycles. The van der Waals surface area contributed by atoms with E-state index < -0.39 is 17.7 Å². The molecule has 2 N–H and O–H groups in total. The number of Topliss-reactive ketones (excluding diaryl/α,β-unsaturated/α-hetero) is 1. The van der Waals surface area contributed by atoms with Crippen LogP contribution < -0.4 is 10.7 Å². The summed E-state index contributed by atoms with van der Waals surface area (Å²) in [5.74, 6) is -1.36. The fourth-order valence-electron chi connectivity index (χ4n) is 4.86. The Balaban J connectivity index is 1.66. The Kier molecular flexibility index (Phi) is 8.60. The molecule has 2 unspecified atom stereocenters. The summed E-state index contributed by atoms with van der Waals surface area (Å²) in [6.45, 7) is 2.95. The molecule has 1 heterocycles. The number of hydrogen-bond acceptors (Lipinski definition) is 5. The van der Waals surface area contributed by atoms with E-state index in [0.29, 0.717) is 10.4 Å². The highest BCUT2D eigenvalue weighted by molar-refractivity contribution is 8.14. The molecule has 0 aromatic rings. The number of rotatable bonds is 6. The lowest BCUT2D eigenvalue weighted by Gasteiger charge is -2.30. The van der Waals surface area contributed by atoms with Crippen molar-refractivity contribution in [2.45, 2.75) is 88.8 Å². The van der Waals surface area contributed by atoms with Gasteiger partial charge in [0.05, 0.1) is 0 Å². The fraction of sp³-hybridized carbons (Fsp3) is 0.818. The second-order valence-corrected chi connectivity index (χ2v) is 10.5. The smallest absolute Gasteiger partial charge is 0.309 e. The summed E-state index contributed by atoms with van der Waals surface area (Å²) >= 11 is 1.58. The number of thioether (sulfide) groups is 1. The van der Waals surface area contributed by atoms with Crippen molar-refractivity contribution in [3.8, 4) is 0 Å². The molecule has 3 rings (SSSR count). The molecule has 8 heteroatoms. The number of nitrogens with one attached hydrogen (secondary N) is 2. The van der Waals surface area contributed by atoms with Gasteiger partial charge in [0.15, 0.2) is 5.17 Å². The number of carbonyl (C=O) groups excluding carboxylic acids is 3. The van der Waals surface area contributed by atoms with Gasteiger partial charge in [0.1, 0.15) is 6.04 Å². The van der Waals surface area contributed by atoms with Crippen LogP contribution in [0.4, 0.5) is 0 Å². The van der Waals surface area contributed by atoms with Crippen molar-refractivity contribution in [3.63, 3.8) is 0 Å². The lowest BCUT2D eigenvalue weighted by molar-refractivity contribution is -0.141. The van der Waals surface area contributed by atoms with Crippen molar-refractivity contribution in [3.05, 3.63) is 0 Å². The highest BCUT2D eigenvalue weighted by Crippen LogP contribution is 2.29. The predicted molar refractivity (Wildman–Crippen MR) is 120 cm³/mol. The second-order valence-electron chi connectivity index (χ2n) is 9.08. The Morgan fingerprint density at radius 1 is 1.00 bits per heavy atom. The van der Waals surface area contributed by atoms with E-state index in [1.54, 1.807) is 11.8 Å². The summed E-state index contributed by atoms with van der Waals surface area (Å²) < 4.78 is 0. The van der Waals surface area contributed by atoms with Gasteiger partial charge >= 0.3 is 5.91 Å². The average molecular weight is 437 g/mol. The minimum Gasteiger partial charge on any atom is -0.352 e. The fourth-order valence-corrected chi connectivity index (χ4v) is 5.87. The van der Waals surface area contributed by atoms with E-state index in [9.17, 15) is 14.4 Å². The van der Waals surface area contributed by atoms with Crippen LogP contribution in [0.2, 0.25) is 0 Å². The molecule has 7 nitrogen and oxygen atoms in total. The maximum Gasteiger partial charge on any atom is 0.309 e. The predicted octanol–water partition coefficient (Wildman–Crippen LogP) is 3.05. The second kappa shape index (κ2) is 11.2. The summed E-state index contributed by atoms with van der Waals surface area (Å²) in [5.41, 5.74) is 2.44. The van der Waals surface area contributed by atoms with E-state index in [0.717, 1.165) is 64.3 Å². The van der Waals surface area contributed by atoms with Crippen LogP contribution in [0, 0.1) is 11.8 Å². The third-order valence-corrected chi connectivity index (χ3v) is 7.73. The largest absolute Gasteiger partial charge is 0.352 e. The molecule has 2 atom stereocenters. The zero-order chi connectivity index (χ0) is 21.5. The molecule has 2 saturated carbocycles. The highest BCUT2D eigenvalue weighted by Gasteiger charge is 2.36. The lowest BCUT2D eigenvalue weighted by atomic mass is 9.81. The van der Waals surface area contributed by atoms with Crippen LogP contribution in [0.25, 0.3) is 0 Å². The van der Waals surface area contributed by atoms with Crippen molar-refractivity contribution in [1.29, 1.82) is 0 Å². The highest BCUT2D eigenvalue weighted by atomic mass is 32.2. The number of amidine groups is 1. The van der Waals surface area contributed by atoms with Gasteiger partial charge in [-0.15, -0.1) is 5.10 Å². The quantitative estimate of drug-likeness (QED) is 0.379. The van der Waals surface area contributed by atoms with Gasteiger partial charge in [0.25, 0.3) is 0 Å². The van der Waals surface area contributed by atoms with E-state index >= 15 is 0 Å². The van der Waals surface area contributed by atoms with Crippen LogP contribution >= 0.6 is 11.8 Å². The van der Waals surface area contributed by atoms with E-state index in [-0.39, 0.29) is 17.7 Å². The first-order valence-corrected chi connectivity index (χ1v) is 12.4. The van der Waals surface area contributed by atoms with Gasteiger partial charge in [-0.1, -0.05) is 63.6 Å². The zero-order valence-corrected chi connectivity index (χ0v) is 19.1.